The summed E-state index contributed by atoms with van der Waals surface area (Å²) in [7, 11) is 0. The maximum atomic E-state index is 12.1. The van der Waals surface area contributed by atoms with Crippen molar-refractivity contribution in [2.75, 3.05) is 19.8 Å². The minimum Gasteiger partial charge on any atom is -0.461 e. The van der Waals surface area contributed by atoms with Crippen LogP contribution in [0.1, 0.15) is 34.1 Å². The van der Waals surface area contributed by atoms with E-state index in [4.69, 9.17) is 9.47 Å². The van der Waals surface area contributed by atoms with Crippen LogP contribution in [0.3, 0.4) is 0 Å². The Kier molecular flexibility index (Phi) is 6.95. The van der Waals surface area contributed by atoms with Gasteiger partial charge in [-0.1, -0.05) is 13.8 Å². The summed E-state index contributed by atoms with van der Waals surface area (Å²) in [5.41, 5.74) is 0. The zero-order valence-electron chi connectivity index (χ0n) is 12.8. The SMILES string of the molecule is CC(C)C[C@H](NC(=O)C1COCCN1)C(=O)OC(C)C. The third-order valence-corrected chi connectivity index (χ3v) is 2.90. The van der Waals surface area contributed by atoms with Crippen molar-refractivity contribution in [3.63, 3.8) is 0 Å². The fourth-order valence-electron chi connectivity index (χ4n) is 2.01. The van der Waals surface area contributed by atoms with Crippen LogP contribution in [0, 0.1) is 5.92 Å². The largest absolute Gasteiger partial charge is 0.461 e. The molecular formula is C14H26N2O4. The Morgan fingerprint density at radius 2 is 2.05 bits per heavy atom. The van der Waals surface area contributed by atoms with Crippen molar-refractivity contribution in [1.29, 1.82) is 0 Å². The maximum Gasteiger partial charge on any atom is 0.328 e. The molecule has 0 saturated carbocycles. The Balaban J connectivity index is 2.58. The van der Waals surface area contributed by atoms with E-state index in [1.807, 2.05) is 13.8 Å². The van der Waals surface area contributed by atoms with Crippen LogP contribution in [-0.2, 0) is 19.1 Å². The molecule has 0 aromatic carbocycles. The number of carbonyl (C=O) groups excluding carboxylic acids is 2. The minimum atomic E-state index is -0.603. The van der Waals surface area contributed by atoms with Gasteiger partial charge in [-0.05, 0) is 26.2 Å². The molecule has 116 valence electrons. The zero-order valence-corrected chi connectivity index (χ0v) is 12.8. The van der Waals surface area contributed by atoms with E-state index in [-0.39, 0.29) is 23.9 Å². The van der Waals surface area contributed by atoms with Crippen molar-refractivity contribution in [2.45, 2.75) is 52.3 Å². The molecule has 0 bridgehead atoms. The molecule has 0 aromatic rings. The average Bonchev–Trinajstić information content (AvgIpc) is 2.37. The molecule has 1 aliphatic heterocycles. The van der Waals surface area contributed by atoms with Crippen LogP contribution in [-0.4, -0.2) is 49.8 Å². The van der Waals surface area contributed by atoms with Gasteiger partial charge in [0.05, 0.1) is 19.3 Å². The highest BCUT2D eigenvalue weighted by Gasteiger charge is 2.28. The molecule has 2 atom stereocenters. The number of esters is 1. The lowest BCUT2D eigenvalue weighted by Gasteiger charge is -2.26. The first-order valence-corrected chi connectivity index (χ1v) is 7.22. The number of ether oxygens (including phenoxy) is 2. The number of carbonyl (C=O) groups is 2. The molecule has 1 saturated heterocycles. The molecule has 0 radical (unpaired) electrons. The van der Waals surface area contributed by atoms with Gasteiger partial charge in [0.2, 0.25) is 5.91 Å². The van der Waals surface area contributed by atoms with Crippen molar-refractivity contribution in [3.05, 3.63) is 0 Å². The molecule has 6 nitrogen and oxygen atoms in total. The number of morpholine rings is 1. The van der Waals surface area contributed by atoms with E-state index in [1.54, 1.807) is 13.8 Å². The Hall–Kier alpha value is -1.14. The highest BCUT2D eigenvalue weighted by molar-refractivity contribution is 5.87. The van der Waals surface area contributed by atoms with Crippen molar-refractivity contribution >= 4 is 11.9 Å². The molecule has 0 spiro atoms. The van der Waals surface area contributed by atoms with Gasteiger partial charge in [0.15, 0.2) is 0 Å². The number of hydrogen-bond donors (Lipinski definition) is 2. The first-order valence-electron chi connectivity index (χ1n) is 7.22. The smallest absolute Gasteiger partial charge is 0.328 e. The third-order valence-electron chi connectivity index (χ3n) is 2.90. The van der Waals surface area contributed by atoms with Gasteiger partial charge in [0.25, 0.3) is 0 Å². The summed E-state index contributed by atoms with van der Waals surface area (Å²) < 4.78 is 10.4. The lowest BCUT2D eigenvalue weighted by molar-refractivity contribution is -0.152. The summed E-state index contributed by atoms with van der Waals surface area (Å²) >= 11 is 0. The summed E-state index contributed by atoms with van der Waals surface area (Å²) in [4.78, 5) is 24.1. The van der Waals surface area contributed by atoms with Gasteiger partial charge in [0.1, 0.15) is 12.1 Å². The molecule has 0 aromatic heterocycles. The predicted octanol–water partition coefficient (Wildman–Crippen LogP) is 0.457. The number of hydrogen-bond acceptors (Lipinski definition) is 5. The van der Waals surface area contributed by atoms with E-state index in [0.717, 1.165) is 0 Å². The van der Waals surface area contributed by atoms with E-state index in [2.05, 4.69) is 10.6 Å². The van der Waals surface area contributed by atoms with Crippen LogP contribution < -0.4 is 10.6 Å². The Labute approximate surface area is 120 Å². The number of nitrogens with one attached hydrogen (secondary N) is 2. The van der Waals surface area contributed by atoms with E-state index < -0.39 is 12.1 Å². The summed E-state index contributed by atoms with van der Waals surface area (Å²) in [6.45, 7) is 9.18. The lowest BCUT2D eigenvalue weighted by Crippen LogP contribution is -2.55. The highest BCUT2D eigenvalue weighted by Crippen LogP contribution is 2.08. The fraction of sp³-hybridized carbons (Fsp3) is 0.857. The number of rotatable bonds is 6. The van der Waals surface area contributed by atoms with Crippen LogP contribution in [0.5, 0.6) is 0 Å². The molecule has 1 aliphatic rings. The van der Waals surface area contributed by atoms with Crippen LogP contribution in [0.25, 0.3) is 0 Å². The second-order valence-electron chi connectivity index (χ2n) is 5.76. The second kappa shape index (κ2) is 8.21. The highest BCUT2D eigenvalue weighted by atomic mass is 16.5. The summed E-state index contributed by atoms with van der Waals surface area (Å²) in [5, 5.41) is 5.84. The lowest BCUT2D eigenvalue weighted by atomic mass is 10.0. The molecule has 20 heavy (non-hydrogen) atoms. The molecule has 1 amide bonds. The minimum absolute atomic E-state index is 0.190. The third kappa shape index (κ3) is 5.88. The molecular weight excluding hydrogens is 260 g/mol. The van der Waals surface area contributed by atoms with Gasteiger partial charge in [0, 0.05) is 6.54 Å². The molecule has 2 N–H and O–H groups in total. The van der Waals surface area contributed by atoms with Crippen LogP contribution in [0.4, 0.5) is 0 Å². The second-order valence-corrected chi connectivity index (χ2v) is 5.76. The quantitative estimate of drug-likeness (QED) is 0.694. The van der Waals surface area contributed by atoms with E-state index in [1.165, 1.54) is 0 Å². The van der Waals surface area contributed by atoms with Crippen molar-refractivity contribution < 1.29 is 19.1 Å². The normalized spacial score (nSPS) is 20.8. The molecule has 1 rings (SSSR count). The van der Waals surface area contributed by atoms with Crippen LogP contribution >= 0.6 is 0 Å². The number of amides is 1. The predicted molar refractivity (Wildman–Crippen MR) is 75.2 cm³/mol. The monoisotopic (exact) mass is 286 g/mol. The van der Waals surface area contributed by atoms with E-state index in [9.17, 15) is 9.59 Å². The topological polar surface area (TPSA) is 76.7 Å². The fourth-order valence-corrected chi connectivity index (χ4v) is 2.01. The van der Waals surface area contributed by atoms with Crippen LogP contribution in [0.15, 0.2) is 0 Å². The van der Waals surface area contributed by atoms with Crippen molar-refractivity contribution in [2.24, 2.45) is 5.92 Å². The van der Waals surface area contributed by atoms with Crippen LogP contribution in [0.2, 0.25) is 0 Å². The van der Waals surface area contributed by atoms with E-state index >= 15 is 0 Å². The molecule has 1 fully saturated rings. The Morgan fingerprint density at radius 3 is 2.55 bits per heavy atom. The zero-order chi connectivity index (χ0) is 15.1. The van der Waals surface area contributed by atoms with Crippen molar-refractivity contribution in [3.8, 4) is 0 Å². The maximum absolute atomic E-state index is 12.1. The Morgan fingerprint density at radius 1 is 1.35 bits per heavy atom. The summed E-state index contributed by atoms with van der Waals surface area (Å²) in [6.07, 6.45) is 0.371. The van der Waals surface area contributed by atoms with Gasteiger partial charge in [-0.15, -0.1) is 0 Å². The van der Waals surface area contributed by atoms with Gasteiger partial charge >= 0.3 is 5.97 Å². The van der Waals surface area contributed by atoms with Gasteiger partial charge < -0.3 is 20.1 Å². The van der Waals surface area contributed by atoms with Gasteiger partial charge in [-0.25, -0.2) is 4.79 Å². The molecule has 6 heteroatoms. The van der Waals surface area contributed by atoms with Gasteiger partial charge in [-0.2, -0.15) is 0 Å². The molecule has 1 unspecified atom stereocenters. The summed E-state index contributed by atoms with van der Waals surface area (Å²) in [6, 6.07) is -1.00. The molecule has 0 aliphatic carbocycles. The molecule has 1 heterocycles. The Bertz CT molecular complexity index is 325. The van der Waals surface area contributed by atoms with Crippen molar-refractivity contribution in [1.82, 2.24) is 10.6 Å². The standard InChI is InChI=1S/C14H26N2O4/c1-9(2)7-11(14(18)20-10(3)4)16-13(17)12-8-19-6-5-15-12/h9-12,15H,5-8H2,1-4H3,(H,16,17)/t11-,12?/m0/s1. The average molecular weight is 286 g/mol. The van der Waals surface area contributed by atoms with Gasteiger partial charge in [-0.3, -0.25) is 4.79 Å². The first kappa shape index (κ1) is 16.9. The summed E-state index contributed by atoms with van der Waals surface area (Å²) in [5.74, 6) is -0.301. The first-order chi connectivity index (χ1) is 9.40. The van der Waals surface area contributed by atoms with E-state index in [0.29, 0.717) is 26.2 Å².